The minimum absolute atomic E-state index is 0.104. The molecule has 11 heavy (non-hydrogen) atoms. The van der Waals surface area contributed by atoms with Gasteiger partial charge in [-0.1, -0.05) is 6.07 Å². The van der Waals surface area contributed by atoms with Crippen LogP contribution in [0.2, 0.25) is 0 Å². The summed E-state index contributed by atoms with van der Waals surface area (Å²) in [4.78, 5) is 11.1. The molecule has 0 bridgehead atoms. The van der Waals surface area contributed by atoms with Gasteiger partial charge in [-0.3, -0.25) is 9.36 Å². The zero-order chi connectivity index (χ0) is 7.84. The average Bonchev–Trinajstić information content (AvgIpc) is 2.34. The van der Waals surface area contributed by atoms with Crippen LogP contribution in [0.3, 0.4) is 0 Å². The van der Waals surface area contributed by atoms with Gasteiger partial charge in [-0.05, 0) is 18.9 Å². The van der Waals surface area contributed by atoms with Crippen LogP contribution in [0.4, 0.5) is 0 Å². The van der Waals surface area contributed by atoms with Crippen molar-refractivity contribution in [1.82, 2.24) is 4.57 Å². The Bertz CT molecular complexity index is 329. The van der Waals surface area contributed by atoms with Gasteiger partial charge in [0.05, 0.1) is 0 Å². The van der Waals surface area contributed by atoms with Crippen molar-refractivity contribution in [1.29, 1.82) is 0 Å². The van der Waals surface area contributed by atoms with Gasteiger partial charge >= 0.3 is 0 Å². The smallest absolute Gasteiger partial charge is 0.252 e. The van der Waals surface area contributed by atoms with Crippen LogP contribution in [-0.2, 0) is 6.42 Å². The molecule has 0 saturated carbocycles. The van der Waals surface area contributed by atoms with Crippen LogP contribution in [0, 0.1) is 0 Å². The molecule has 2 heterocycles. The van der Waals surface area contributed by atoms with E-state index < -0.39 is 6.23 Å². The minimum atomic E-state index is -0.598. The van der Waals surface area contributed by atoms with Gasteiger partial charge in [0.2, 0.25) is 0 Å². The highest BCUT2D eigenvalue weighted by molar-refractivity contribution is 5.10. The lowest BCUT2D eigenvalue weighted by atomic mass is 10.3. The number of aromatic nitrogens is 1. The highest BCUT2D eigenvalue weighted by Crippen LogP contribution is 2.19. The normalized spacial score (nSPS) is 21.7. The van der Waals surface area contributed by atoms with E-state index in [0.717, 1.165) is 12.1 Å². The highest BCUT2D eigenvalue weighted by atomic mass is 16.3. The lowest BCUT2D eigenvalue weighted by Gasteiger charge is -2.05. The number of aryl methyl sites for hydroxylation is 1. The van der Waals surface area contributed by atoms with E-state index in [0.29, 0.717) is 6.42 Å². The van der Waals surface area contributed by atoms with Crippen molar-refractivity contribution in [2.45, 2.75) is 19.1 Å². The zero-order valence-electron chi connectivity index (χ0n) is 6.03. The van der Waals surface area contributed by atoms with E-state index in [4.69, 9.17) is 0 Å². The van der Waals surface area contributed by atoms with Crippen LogP contribution in [0.1, 0.15) is 18.3 Å². The molecular weight excluding hydrogens is 142 g/mol. The molecule has 3 nitrogen and oxygen atoms in total. The second-order valence-electron chi connectivity index (χ2n) is 2.74. The van der Waals surface area contributed by atoms with Gasteiger partial charge in [0.1, 0.15) is 6.23 Å². The summed E-state index contributed by atoms with van der Waals surface area (Å²) in [6.07, 6.45) is 0.870. The lowest BCUT2D eigenvalue weighted by molar-refractivity contribution is 0.110. The minimum Gasteiger partial charge on any atom is -0.373 e. The summed E-state index contributed by atoms with van der Waals surface area (Å²) in [5.74, 6) is 0. The third-order valence-electron chi connectivity index (χ3n) is 2.03. The molecule has 58 valence electrons. The fourth-order valence-electron chi connectivity index (χ4n) is 1.49. The summed E-state index contributed by atoms with van der Waals surface area (Å²) in [5, 5.41) is 9.33. The predicted molar refractivity (Wildman–Crippen MR) is 40.3 cm³/mol. The van der Waals surface area contributed by atoms with E-state index in [1.165, 1.54) is 10.6 Å². The van der Waals surface area contributed by atoms with Crippen LogP contribution in [0.5, 0.6) is 0 Å². The Kier molecular flexibility index (Phi) is 1.32. The van der Waals surface area contributed by atoms with Gasteiger partial charge in [-0.2, -0.15) is 0 Å². The first kappa shape index (κ1) is 6.61. The third-order valence-corrected chi connectivity index (χ3v) is 2.03. The fourth-order valence-corrected chi connectivity index (χ4v) is 1.49. The van der Waals surface area contributed by atoms with E-state index in [-0.39, 0.29) is 5.56 Å². The summed E-state index contributed by atoms with van der Waals surface area (Å²) >= 11 is 0. The molecular formula is C8H9NO2. The third kappa shape index (κ3) is 0.886. The topological polar surface area (TPSA) is 42.2 Å². The Morgan fingerprint density at radius 3 is 3.09 bits per heavy atom. The van der Waals surface area contributed by atoms with E-state index >= 15 is 0 Å². The Balaban J connectivity index is 2.68. The first-order chi connectivity index (χ1) is 5.29. The monoisotopic (exact) mass is 151 g/mol. The SMILES string of the molecule is O=c1cccc2n1C(O)CC2. The maximum Gasteiger partial charge on any atom is 0.252 e. The van der Waals surface area contributed by atoms with E-state index in [2.05, 4.69) is 0 Å². The van der Waals surface area contributed by atoms with Crippen molar-refractivity contribution in [3.05, 3.63) is 34.2 Å². The summed E-state index contributed by atoms with van der Waals surface area (Å²) < 4.78 is 1.44. The van der Waals surface area contributed by atoms with Crippen molar-refractivity contribution in [3.8, 4) is 0 Å². The van der Waals surface area contributed by atoms with Gasteiger partial charge in [0.25, 0.3) is 5.56 Å². The van der Waals surface area contributed by atoms with Crippen LogP contribution in [-0.4, -0.2) is 9.67 Å². The van der Waals surface area contributed by atoms with Crippen molar-refractivity contribution in [3.63, 3.8) is 0 Å². The average molecular weight is 151 g/mol. The molecule has 0 saturated heterocycles. The van der Waals surface area contributed by atoms with E-state index in [1.807, 2.05) is 6.07 Å². The summed E-state index contributed by atoms with van der Waals surface area (Å²) in [6.45, 7) is 0. The van der Waals surface area contributed by atoms with Gasteiger partial charge in [-0.15, -0.1) is 0 Å². The number of fused-ring (bicyclic) bond motifs is 1. The Labute approximate surface area is 63.9 Å². The molecule has 0 fully saturated rings. The van der Waals surface area contributed by atoms with Crippen LogP contribution < -0.4 is 5.56 Å². The number of hydrogen-bond acceptors (Lipinski definition) is 2. The quantitative estimate of drug-likeness (QED) is 0.579. The largest absolute Gasteiger partial charge is 0.373 e. The van der Waals surface area contributed by atoms with Crippen LogP contribution in [0.15, 0.2) is 23.0 Å². The van der Waals surface area contributed by atoms with Gasteiger partial charge in [-0.25, -0.2) is 0 Å². The Morgan fingerprint density at radius 2 is 2.36 bits per heavy atom. The van der Waals surface area contributed by atoms with E-state index in [1.54, 1.807) is 6.07 Å². The maximum atomic E-state index is 11.1. The summed E-state index contributed by atoms with van der Waals surface area (Å²) in [5.41, 5.74) is 0.831. The molecule has 2 rings (SSSR count). The number of pyridine rings is 1. The number of aliphatic hydroxyl groups is 1. The molecule has 0 aliphatic carbocycles. The molecule has 1 aliphatic heterocycles. The molecule has 1 aromatic rings. The maximum absolute atomic E-state index is 11.1. The molecule has 0 spiro atoms. The van der Waals surface area contributed by atoms with Crippen molar-refractivity contribution < 1.29 is 5.11 Å². The Hall–Kier alpha value is -1.09. The molecule has 0 aromatic carbocycles. The summed E-state index contributed by atoms with van der Waals surface area (Å²) in [6, 6.07) is 5.07. The number of rotatable bonds is 0. The van der Waals surface area contributed by atoms with Gasteiger partial charge in [0.15, 0.2) is 0 Å². The standard InChI is InChI=1S/C8H9NO2/c10-7-3-1-2-6-4-5-8(11)9(6)7/h1-3,8,11H,4-5H2. The number of nitrogens with zero attached hydrogens (tertiary/aromatic N) is 1. The first-order valence-electron chi connectivity index (χ1n) is 3.67. The van der Waals surface area contributed by atoms with Crippen LogP contribution >= 0.6 is 0 Å². The molecule has 1 unspecified atom stereocenters. The number of aliphatic hydroxyl groups excluding tert-OH is 1. The molecule has 3 heteroatoms. The molecule has 1 N–H and O–H groups in total. The van der Waals surface area contributed by atoms with Crippen molar-refractivity contribution in [2.75, 3.05) is 0 Å². The highest BCUT2D eigenvalue weighted by Gasteiger charge is 2.18. The van der Waals surface area contributed by atoms with Crippen molar-refractivity contribution in [2.24, 2.45) is 0 Å². The molecule has 1 atom stereocenters. The Morgan fingerprint density at radius 1 is 1.55 bits per heavy atom. The van der Waals surface area contributed by atoms with Gasteiger partial charge < -0.3 is 5.11 Å². The lowest BCUT2D eigenvalue weighted by Crippen LogP contribution is -2.21. The molecule has 1 aromatic heterocycles. The fraction of sp³-hybridized carbons (Fsp3) is 0.375. The number of hydrogen-bond donors (Lipinski definition) is 1. The predicted octanol–water partition coefficient (Wildman–Crippen LogP) is 0.285. The van der Waals surface area contributed by atoms with Crippen LogP contribution in [0.25, 0.3) is 0 Å². The van der Waals surface area contributed by atoms with E-state index in [9.17, 15) is 9.90 Å². The molecule has 0 radical (unpaired) electrons. The molecule has 1 aliphatic rings. The second-order valence-corrected chi connectivity index (χ2v) is 2.74. The first-order valence-corrected chi connectivity index (χ1v) is 3.67. The summed E-state index contributed by atoms with van der Waals surface area (Å²) in [7, 11) is 0. The van der Waals surface area contributed by atoms with Gasteiger partial charge in [0, 0.05) is 11.8 Å². The van der Waals surface area contributed by atoms with Crippen molar-refractivity contribution >= 4 is 0 Å². The zero-order valence-corrected chi connectivity index (χ0v) is 6.03. The molecule has 0 amide bonds. The second kappa shape index (κ2) is 2.20.